The Kier molecular flexibility index (Phi) is 4.74. The van der Waals surface area contributed by atoms with Crippen LogP contribution in [0.25, 0.3) is 11.5 Å². The van der Waals surface area contributed by atoms with Gasteiger partial charge in [-0.25, -0.2) is 0 Å². The summed E-state index contributed by atoms with van der Waals surface area (Å²) in [5, 5.41) is 11.0. The van der Waals surface area contributed by atoms with Crippen molar-refractivity contribution >= 4 is 5.91 Å². The zero-order chi connectivity index (χ0) is 18.6. The normalized spacial score (nSPS) is 12.2. The third-order valence-corrected chi connectivity index (χ3v) is 4.22. The van der Waals surface area contributed by atoms with E-state index in [1.165, 1.54) is 0 Å². The van der Waals surface area contributed by atoms with Crippen LogP contribution in [0.2, 0.25) is 0 Å². The number of hydrogen-bond acceptors (Lipinski definition) is 6. The lowest BCUT2D eigenvalue weighted by atomic mass is 10.1. The standard InChI is InChI=1S/C20H19N3O4/c1-13-3-2-4-15(9-13)20-23-22-19(27-20)8-7-18(24)21-11-14-5-6-16-17(10-14)26-12-25-16/h2-6,9-10H,7-8,11-12H2,1H3,(H,21,24). The molecule has 1 amide bonds. The Bertz CT molecular complexity index is 967. The number of amides is 1. The summed E-state index contributed by atoms with van der Waals surface area (Å²) >= 11 is 0. The molecule has 0 aliphatic carbocycles. The van der Waals surface area contributed by atoms with Crippen LogP contribution in [0.15, 0.2) is 46.9 Å². The number of fused-ring (bicyclic) bond motifs is 1. The monoisotopic (exact) mass is 365 g/mol. The van der Waals surface area contributed by atoms with Gasteiger partial charge in [0.15, 0.2) is 11.5 Å². The van der Waals surface area contributed by atoms with E-state index in [0.29, 0.717) is 30.5 Å². The van der Waals surface area contributed by atoms with E-state index < -0.39 is 0 Å². The van der Waals surface area contributed by atoms with Gasteiger partial charge in [-0.2, -0.15) is 0 Å². The maximum atomic E-state index is 12.1. The first-order valence-corrected chi connectivity index (χ1v) is 8.72. The quantitative estimate of drug-likeness (QED) is 0.723. The molecule has 1 aromatic heterocycles. The maximum absolute atomic E-state index is 12.1. The molecule has 27 heavy (non-hydrogen) atoms. The molecule has 1 aliphatic heterocycles. The first kappa shape index (κ1) is 17.1. The highest BCUT2D eigenvalue weighted by atomic mass is 16.7. The number of rotatable bonds is 6. The molecule has 1 N–H and O–H groups in total. The molecule has 0 unspecified atom stereocenters. The average Bonchev–Trinajstić information content (AvgIpc) is 3.33. The number of carbonyl (C=O) groups excluding carboxylic acids is 1. The minimum absolute atomic E-state index is 0.0806. The predicted molar refractivity (Wildman–Crippen MR) is 97.2 cm³/mol. The van der Waals surface area contributed by atoms with Crippen LogP contribution in [-0.4, -0.2) is 22.9 Å². The van der Waals surface area contributed by atoms with Gasteiger partial charge in [0.25, 0.3) is 0 Å². The topological polar surface area (TPSA) is 86.5 Å². The minimum atomic E-state index is -0.0806. The second-order valence-electron chi connectivity index (χ2n) is 6.33. The van der Waals surface area contributed by atoms with Gasteiger partial charge in [-0.05, 0) is 36.8 Å². The predicted octanol–water partition coefficient (Wildman–Crippen LogP) is 3.02. The molecule has 0 fully saturated rings. The van der Waals surface area contributed by atoms with Gasteiger partial charge in [0.2, 0.25) is 24.5 Å². The smallest absolute Gasteiger partial charge is 0.247 e. The molecule has 1 aliphatic rings. The van der Waals surface area contributed by atoms with Crippen LogP contribution in [0, 0.1) is 6.92 Å². The van der Waals surface area contributed by atoms with Crippen LogP contribution in [0.3, 0.4) is 0 Å². The van der Waals surface area contributed by atoms with Crippen molar-refractivity contribution in [2.24, 2.45) is 0 Å². The minimum Gasteiger partial charge on any atom is -0.454 e. The summed E-state index contributed by atoms with van der Waals surface area (Å²) < 4.78 is 16.3. The van der Waals surface area contributed by atoms with Gasteiger partial charge >= 0.3 is 0 Å². The molecular formula is C20H19N3O4. The Morgan fingerprint density at radius 1 is 1.11 bits per heavy atom. The molecule has 138 valence electrons. The summed E-state index contributed by atoms with van der Waals surface area (Å²) in [7, 11) is 0. The zero-order valence-corrected chi connectivity index (χ0v) is 14.9. The Labute approximate surface area is 156 Å². The van der Waals surface area contributed by atoms with Crippen LogP contribution < -0.4 is 14.8 Å². The van der Waals surface area contributed by atoms with Gasteiger partial charge in [0, 0.05) is 24.9 Å². The average molecular weight is 365 g/mol. The number of aryl methyl sites for hydroxylation is 2. The van der Waals surface area contributed by atoms with Crippen molar-refractivity contribution in [2.45, 2.75) is 26.3 Å². The van der Waals surface area contributed by atoms with Gasteiger partial charge in [0.1, 0.15) is 0 Å². The molecule has 7 heteroatoms. The maximum Gasteiger partial charge on any atom is 0.247 e. The Hall–Kier alpha value is -3.35. The third kappa shape index (κ3) is 4.08. The van der Waals surface area contributed by atoms with Gasteiger partial charge in [-0.15, -0.1) is 10.2 Å². The van der Waals surface area contributed by atoms with Crippen molar-refractivity contribution in [3.8, 4) is 23.0 Å². The molecule has 0 radical (unpaired) electrons. The zero-order valence-electron chi connectivity index (χ0n) is 14.9. The summed E-state index contributed by atoms with van der Waals surface area (Å²) in [4.78, 5) is 12.1. The van der Waals surface area contributed by atoms with E-state index in [0.717, 1.165) is 22.4 Å². The Morgan fingerprint density at radius 3 is 2.89 bits per heavy atom. The molecule has 0 saturated heterocycles. The summed E-state index contributed by atoms with van der Waals surface area (Å²) in [5.41, 5.74) is 2.95. The largest absolute Gasteiger partial charge is 0.454 e. The highest BCUT2D eigenvalue weighted by molar-refractivity contribution is 5.76. The fourth-order valence-corrected chi connectivity index (χ4v) is 2.81. The lowest BCUT2D eigenvalue weighted by Crippen LogP contribution is -2.23. The SMILES string of the molecule is Cc1cccc(-c2nnc(CCC(=O)NCc3ccc4c(c3)OCO4)o2)c1. The van der Waals surface area contributed by atoms with Crippen molar-refractivity contribution in [3.05, 3.63) is 59.5 Å². The fraction of sp³-hybridized carbons (Fsp3) is 0.250. The Balaban J connectivity index is 1.28. The van der Waals surface area contributed by atoms with Gasteiger partial charge in [-0.3, -0.25) is 4.79 Å². The molecule has 3 aromatic rings. The molecule has 2 heterocycles. The number of aromatic nitrogens is 2. The first-order valence-electron chi connectivity index (χ1n) is 8.72. The summed E-state index contributed by atoms with van der Waals surface area (Å²) in [5.74, 6) is 2.27. The second-order valence-corrected chi connectivity index (χ2v) is 6.33. The first-order chi connectivity index (χ1) is 13.2. The van der Waals surface area contributed by atoms with E-state index in [2.05, 4.69) is 15.5 Å². The van der Waals surface area contributed by atoms with Crippen molar-refractivity contribution in [3.63, 3.8) is 0 Å². The number of hydrogen-bond donors (Lipinski definition) is 1. The van der Waals surface area contributed by atoms with Crippen LogP contribution in [0.5, 0.6) is 11.5 Å². The van der Waals surface area contributed by atoms with Crippen LogP contribution >= 0.6 is 0 Å². The van der Waals surface area contributed by atoms with Crippen molar-refractivity contribution in [1.29, 1.82) is 0 Å². The molecule has 0 spiro atoms. The van der Waals surface area contributed by atoms with Crippen LogP contribution in [0.4, 0.5) is 0 Å². The number of benzene rings is 2. The number of nitrogens with zero attached hydrogens (tertiary/aromatic N) is 2. The van der Waals surface area contributed by atoms with Crippen LogP contribution in [0.1, 0.15) is 23.4 Å². The van der Waals surface area contributed by atoms with Crippen LogP contribution in [-0.2, 0) is 17.8 Å². The molecule has 0 saturated carbocycles. The lowest BCUT2D eigenvalue weighted by Gasteiger charge is -2.05. The van der Waals surface area contributed by atoms with E-state index in [9.17, 15) is 4.79 Å². The molecule has 0 atom stereocenters. The molecule has 4 rings (SSSR count). The summed E-state index contributed by atoms with van der Waals surface area (Å²) in [6.07, 6.45) is 0.672. The lowest BCUT2D eigenvalue weighted by molar-refractivity contribution is -0.121. The summed E-state index contributed by atoms with van der Waals surface area (Å²) in [6, 6.07) is 13.5. The van der Waals surface area contributed by atoms with Crippen molar-refractivity contribution in [2.75, 3.05) is 6.79 Å². The Morgan fingerprint density at radius 2 is 2.00 bits per heavy atom. The van der Waals surface area contributed by atoms with Gasteiger partial charge in [0.05, 0.1) is 0 Å². The second kappa shape index (κ2) is 7.49. The molecule has 0 bridgehead atoms. The molecule has 7 nitrogen and oxygen atoms in total. The van der Waals surface area contributed by atoms with E-state index in [-0.39, 0.29) is 19.1 Å². The van der Waals surface area contributed by atoms with Crippen molar-refractivity contribution < 1.29 is 18.7 Å². The number of nitrogens with one attached hydrogen (secondary N) is 1. The van der Waals surface area contributed by atoms with E-state index >= 15 is 0 Å². The fourth-order valence-electron chi connectivity index (χ4n) is 2.81. The highest BCUT2D eigenvalue weighted by Crippen LogP contribution is 2.32. The van der Waals surface area contributed by atoms with E-state index in [1.807, 2.05) is 49.4 Å². The highest BCUT2D eigenvalue weighted by Gasteiger charge is 2.14. The number of ether oxygens (including phenoxy) is 2. The molecular weight excluding hydrogens is 346 g/mol. The summed E-state index contributed by atoms with van der Waals surface area (Å²) in [6.45, 7) is 2.67. The number of carbonyl (C=O) groups is 1. The van der Waals surface area contributed by atoms with E-state index in [1.54, 1.807) is 0 Å². The van der Waals surface area contributed by atoms with Gasteiger partial charge in [-0.1, -0.05) is 23.8 Å². The van der Waals surface area contributed by atoms with Crippen molar-refractivity contribution in [1.82, 2.24) is 15.5 Å². The van der Waals surface area contributed by atoms with E-state index in [4.69, 9.17) is 13.9 Å². The molecule has 2 aromatic carbocycles. The third-order valence-electron chi connectivity index (χ3n) is 4.22. The van der Waals surface area contributed by atoms with Gasteiger partial charge < -0.3 is 19.2 Å².